The van der Waals surface area contributed by atoms with Crippen LogP contribution in [0.25, 0.3) is 6.08 Å². The van der Waals surface area contributed by atoms with Crippen molar-refractivity contribution in [1.82, 2.24) is 5.32 Å². The minimum absolute atomic E-state index is 0.157. The topological polar surface area (TPSA) is 12.0 Å². The Morgan fingerprint density at radius 2 is 1.52 bits per heavy atom. The fourth-order valence-electron chi connectivity index (χ4n) is 2.08. The normalized spacial score (nSPS) is 13.9. The lowest BCUT2D eigenvalue weighted by molar-refractivity contribution is 0.437. The van der Waals surface area contributed by atoms with E-state index in [1.807, 2.05) is 0 Å². The zero-order chi connectivity index (χ0) is 16.3. The molecule has 0 unspecified atom stereocenters. The molecule has 0 heterocycles. The van der Waals surface area contributed by atoms with Crippen LogP contribution in [-0.4, -0.2) is 12.1 Å². The molecule has 1 heteroatoms. The van der Waals surface area contributed by atoms with Gasteiger partial charge < -0.3 is 5.32 Å². The van der Waals surface area contributed by atoms with E-state index < -0.39 is 0 Å². The van der Waals surface area contributed by atoms with Crippen LogP contribution in [0.15, 0.2) is 29.8 Å². The molecule has 0 atom stereocenters. The molecule has 0 saturated carbocycles. The molecule has 0 radical (unpaired) electrons. The van der Waals surface area contributed by atoms with Crippen LogP contribution >= 0.6 is 0 Å². The van der Waals surface area contributed by atoms with Crippen molar-refractivity contribution in [1.29, 1.82) is 0 Å². The molecular formula is C20H33N. The van der Waals surface area contributed by atoms with Gasteiger partial charge in [0.25, 0.3) is 0 Å². The van der Waals surface area contributed by atoms with Crippen molar-refractivity contribution in [2.75, 3.05) is 6.54 Å². The molecule has 0 aliphatic rings. The Morgan fingerprint density at radius 3 is 1.90 bits per heavy atom. The average molecular weight is 287 g/mol. The van der Waals surface area contributed by atoms with Gasteiger partial charge in [-0.2, -0.15) is 0 Å². The van der Waals surface area contributed by atoms with Crippen LogP contribution in [0.1, 0.15) is 66.5 Å². The van der Waals surface area contributed by atoms with E-state index in [4.69, 9.17) is 0 Å². The van der Waals surface area contributed by atoms with E-state index in [9.17, 15) is 0 Å². The Balaban J connectivity index is 2.91. The molecule has 0 aliphatic carbocycles. The summed E-state index contributed by atoms with van der Waals surface area (Å²) >= 11 is 0. The lowest BCUT2D eigenvalue weighted by Gasteiger charge is -2.23. The SMILES string of the molecule is CC(C)C(=Cc1ccc(C(C)(C)C)cc1)CNC(C)(C)C. The Bertz CT molecular complexity index is 464. The molecule has 21 heavy (non-hydrogen) atoms. The van der Waals surface area contributed by atoms with Crippen LogP contribution < -0.4 is 5.32 Å². The van der Waals surface area contributed by atoms with E-state index in [-0.39, 0.29) is 11.0 Å². The maximum absolute atomic E-state index is 3.59. The molecule has 0 fully saturated rings. The Morgan fingerprint density at radius 1 is 1.00 bits per heavy atom. The first-order chi connectivity index (χ1) is 9.49. The van der Waals surface area contributed by atoms with Gasteiger partial charge in [0.1, 0.15) is 0 Å². The molecule has 118 valence electrons. The number of benzene rings is 1. The van der Waals surface area contributed by atoms with Gasteiger partial charge in [0, 0.05) is 12.1 Å². The molecule has 1 aromatic carbocycles. The summed E-state index contributed by atoms with van der Waals surface area (Å²) in [5.74, 6) is 0.558. The van der Waals surface area contributed by atoms with E-state index in [0.29, 0.717) is 5.92 Å². The van der Waals surface area contributed by atoms with Crippen LogP contribution in [0, 0.1) is 5.92 Å². The molecule has 0 spiro atoms. The lowest BCUT2D eigenvalue weighted by Crippen LogP contribution is -2.37. The smallest absolute Gasteiger partial charge is 0.0175 e. The minimum atomic E-state index is 0.157. The molecule has 1 N–H and O–H groups in total. The van der Waals surface area contributed by atoms with Crippen molar-refractivity contribution in [2.45, 2.75) is 66.3 Å². The Labute approximate surface area is 131 Å². The van der Waals surface area contributed by atoms with Crippen LogP contribution in [0.2, 0.25) is 0 Å². The van der Waals surface area contributed by atoms with Gasteiger partial charge in [-0.1, -0.05) is 70.5 Å². The Kier molecular flexibility index (Phi) is 5.81. The van der Waals surface area contributed by atoms with E-state index in [1.165, 1.54) is 16.7 Å². The first-order valence-electron chi connectivity index (χ1n) is 8.05. The molecule has 0 bridgehead atoms. The summed E-state index contributed by atoms with van der Waals surface area (Å²) in [4.78, 5) is 0. The van der Waals surface area contributed by atoms with Crippen LogP contribution in [0.3, 0.4) is 0 Å². The van der Waals surface area contributed by atoms with Crippen LogP contribution in [0.5, 0.6) is 0 Å². The Hall–Kier alpha value is -1.08. The van der Waals surface area contributed by atoms with Crippen molar-refractivity contribution in [2.24, 2.45) is 5.92 Å². The average Bonchev–Trinajstić information content (AvgIpc) is 2.32. The second kappa shape index (κ2) is 6.79. The predicted octanol–water partition coefficient (Wildman–Crippen LogP) is 5.41. The van der Waals surface area contributed by atoms with Crippen molar-refractivity contribution in [3.8, 4) is 0 Å². The maximum atomic E-state index is 3.59. The third kappa shape index (κ3) is 6.48. The van der Waals surface area contributed by atoms with E-state index in [1.54, 1.807) is 0 Å². The van der Waals surface area contributed by atoms with Gasteiger partial charge in [0.15, 0.2) is 0 Å². The van der Waals surface area contributed by atoms with Crippen molar-refractivity contribution in [3.05, 3.63) is 41.0 Å². The van der Waals surface area contributed by atoms with Crippen molar-refractivity contribution >= 4 is 6.08 Å². The zero-order valence-electron chi connectivity index (χ0n) is 15.2. The van der Waals surface area contributed by atoms with Crippen molar-refractivity contribution in [3.63, 3.8) is 0 Å². The molecular weight excluding hydrogens is 254 g/mol. The monoisotopic (exact) mass is 287 g/mol. The summed E-state index contributed by atoms with van der Waals surface area (Å²) < 4.78 is 0. The quantitative estimate of drug-likeness (QED) is 0.780. The molecule has 1 nitrogen and oxygen atoms in total. The number of hydrogen-bond acceptors (Lipinski definition) is 1. The van der Waals surface area contributed by atoms with E-state index in [0.717, 1.165) is 6.54 Å². The van der Waals surface area contributed by atoms with Gasteiger partial charge in [-0.3, -0.25) is 0 Å². The zero-order valence-corrected chi connectivity index (χ0v) is 15.2. The third-order valence-electron chi connectivity index (χ3n) is 3.69. The van der Waals surface area contributed by atoms with Gasteiger partial charge >= 0.3 is 0 Å². The van der Waals surface area contributed by atoms with Crippen LogP contribution in [-0.2, 0) is 5.41 Å². The summed E-state index contributed by atoms with van der Waals surface area (Å²) in [5.41, 5.74) is 4.51. The van der Waals surface area contributed by atoms with Crippen molar-refractivity contribution < 1.29 is 0 Å². The molecule has 0 saturated heterocycles. The number of hydrogen-bond donors (Lipinski definition) is 1. The highest BCUT2D eigenvalue weighted by molar-refractivity contribution is 5.54. The van der Waals surface area contributed by atoms with Gasteiger partial charge in [0.05, 0.1) is 0 Å². The third-order valence-corrected chi connectivity index (χ3v) is 3.69. The first kappa shape index (κ1) is 18.0. The van der Waals surface area contributed by atoms with E-state index >= 15 is 0 Å². The standard InChI is InChI=1S/C20H33N/c1-15(2)17(14-21-20(6,7)8)13-16-9-11-18(12-10-16)19(3,4)5/h9-13,15,21H,14H2,1-8H3. The van der Waals surface area contributed by atoms with Gasteiger partial charge in [-0.25, -0.2) is 0 Å². The fourth-order valence-corrected chi connectivity index (χ4v) is 2.08. The second-order valence-corrected chi connectivity index (χ2v) is 8.35. The predicted molar refractivity (Wildman–Crippen MR) is 95.7 cm³/mol. The fraction of sp³-hybridized carbons (Fsp3) is 0.600. The highest BCUT2D eigenvalue weighted by Gasteiger charge is 2.13. The summed E-state index contributed by atoms with van der Waals surface area (Å²) in [5, 5.41) is 3.59. The molecule has 1 rings (SSSR count). The maximum Gasteiger partial charge on any atom is 0.0175 e. The summed E-state index contributed by atoms with van der Waals surface area (Å²) in [7, 11) is 0. The van der Waals surface area contributed by atoms with Gasteiger partial charge in [-0.15, -0.1) is 0 Å². The highest BCUT2D eigenvalue weighted by atomic mass is 14.9. The van der Waals surface area contributed by atoms with E-state index in [2.05, 4.69) is 91.0 Å². The summed E-state index contributed by atoms with van der Waals surface area (Å²) in [6.45, 7) is 18.9. The molecule has 1 aromatic rings. The van der Waals surface area contributed by atoms with Crippen LogP contribution in [0.4, 0.5) is 0 Å². The first-order valence-corrected chi connectivity index (χ1v) is 8.05. The molecule has 0 aromatic heterocycles. The number of nitrogens with one attached hydrogen (secondary N) is 1. The summed E-state index contributed by atoms with van der Waals surface area (Å²) in [6.07, 6.45) is 2.33. The second-order valence-electron chi connectivity index (χ2n) is 8.35. The summed E-state index contributed by atoms with van der Waals surface area (Å²) in [6, 6.07) is 8.97. The molecule has 0 aliphatic heterocycles. The largest absolute Gasteiger partial charge is 0.308 e. The minimum Gasteiger partial charge on any atom is -0.308 e. The highest BCUT2D eigenvalue weighted by Crippen LogP contribution is 2.23. The van der Waals surface area contributed by atoms with Gasteiger partial charge in [0.2, 0.25) is 0 Å². The number of rotatable bonds is 4. The molecule has 0 amide bonds. The lowest BCUT2D eigenvalue weighted by atomic mass is 9.86. The van der Waals surface area contributed by atoms with Gasteiger partial charge in [-0.05, 0) is 43.2 Å².